The minimum atomic E-state index is 0.112. The first-order valence-electron chi connectivity index (χ1n) is 11.0. The third-order valence-electron chi connectivity index (χ3n) is 6.33. The quantitative estimate of drug-likeness (QED) is 0.568. The van der Waals surface area contributed by atoms with E-state index in [-0.39, 0.29) is 23.8 Å². The summed E-state index contributed by atoms with van der Waals surface area (Å²) in [6.07, 6.45) is 9.44. The Morgan fingerprint density at radius 2 is 1.63 bits per heavy atom. The lowest BCUT2D eigenvalue weighted by molar-refractivity contribution is -0.127. The smallest absolute Gasteiger partial charge is 0.220 e. The van der Waals surface area contributed by atoms with Crippen LogP contribution >= 0.6 is 0 Å². The highest BCUT2D eigenvalue weighted by Gasteiger charge is 2.28. The second-order valence-electron chi connectivity index (χ2n) is 8.92. The zero-order valence-electron chi connectivity index (χ0n) is 17.3. The first kappa shape index (κ1) is 22.4. The molecule has 27 heavy (non-hydrogen) atoms. The maximum absolute atomic E-state index is 12.1. The Labute approximate surface area is 164 Å². The van der Waals surface area contributed by atoms with Crippen molar-refractivity contribution in [2.45, 2.75) is 84.1 Å². The van der Waals surface area contributed by atoms with E-state index in [1.165, 1.54) is 0 Å². The fourth-order valence-electron chi connectivity index (χ4n) is 4.46. The third kappa shape index (κ3) is 7.90. The normalized spacial score (nSPS) is 28.9. The van der Waals surface area contributed by atoms with E-state index in [2.05, 4.69) is 5.32 Å². The van der Waals surface area contributed by atoms with Crippen molar-refractivity contribution >= 4 is 11.7 Å². The van der Waals surface area contributed by atoms with Crippen LogP contribution in [0.3, 0.4) is 0 Å². The molecule has 0 aromatic carbocycles. The first-order chi connectivity index (χ1) is 13.0. The molecule has 0 aliphatic heterocycles. The predicted octanol–water partition coefficient (Wildman–Crippen LogP) is 3.48. The lowest BCUT2D eigenvalue weighted by Gasteiger charge is -2.29. The van der Waals surface area contributed by atoms with Gasteiger partial charge in [0.1, 0.15) is 5.78 Å². The van der Waals surface area contributed by atoms with Crippen molar-refractivity contribution in [2.75, 3.05) is 19.8 Å². The minimum Gasteiger partial charge on any atom is -0.396 e. The average Bonchev–Trinajstić information content (AvgIpc) is 2.68. The number of hydrogen-bond acceptors (Lipinski definition) is 4. The lowest BCUT2D eigenvalue weighted by atomic mass is 9.80. The number of nitrogens with one attached hydrogen (secondary N) is 1. The molecule has 0 saturated heterocycles. The van der Waals surface area contributed by atoms with Gasteiger partial charge in [-0.1, -0.05) is 13.8 Å². The van der Waals surface area contributed by atoms with Gasteiger partial charge in [0.2, 0.25) is 5.91 Å². The molecule has 2 aliphatic carbocycles. The molecule has 0 aromatic heterocycles. The molecular formula is C22H39NO4. The molecule has 2 aliphatic rings. The summed E-state index contributed by atoms with van der Waals surface area (Å²) in [7, 11) is 0. The highest BCUT2D eigenvalue weighted by Crippen LogP contribution is 2.29. The molecule has 2 fully saturated rings. The molecule has 156 valence electrons. The Morgan fingerprint density at radius 3 is 2.22 bits per heavy atom. The third-order valence-corrected chi connectivity index (χ3v) is 6.33. The lowest BCUT2D eigenvalue weighted by Crippen LogP contribution is -2.39. The largest absolute Gasteiger partial charge is 0.396 e. The number of Topliss-reactive ketones (excluding diaryl/α,β-unsaturated/α-hetero) is 1. The Balaban J connectivity index is 1.49. The highest BCUT2D eigenvalue weighted by atomic mass is 16.5. The van der Waals surface area contributed by atoms with Crippen molar-refractivity contribution in [1.29, 1.82) is 0 Å². The number of ether oxygens (including phenoxy) is 1. The van der Waals surface area contributed by atoms with Crippen LogP contribution in [0.5, 0.6) is 0 Å². The van der Waals surface area contributed by atoms with E-state index in [0.29, 0.717) is 37.3 Å². The van der Waals surface area contributed by atoms with Gasteiger partial charge in [-0.25, -0.2) is 0 Å². The van der Waals surface area contributed by atoms with E-state index >= 15 is 0 Å². The molecule has 0 unspecified atom stereocenters. The van der Waals surface area contributed by atoms with Crippen LogP contribution in [0.4, 0.5) is 0 Å². The summed E-state index contributed by atoms with van der Waals surface area (Å²) < 4.78 is 5.77. The van der Waals surface area contributed by atoms with Crippen molar-refractivity contribution in [3.63, 3.8) is 0 Å². The van der Waals surface area contributed by atoms with Gasteiger partial charge in [0, 0.05) is 44.1 Å². The standard InChI is InChI=1S/C22H39NO4/c1-16(2)22(26)19-9-11-20(12-10-19)23-21(25)4-3-13-27-15-18-7-5-17(14-24)6-8-18/h16-20,24H,3-15H2,1-2H3,(H,23,25). The molecule has 5 nitrogen and oxygen atoms in total. The van der Waals surface area contributed by atoms with Crippen molar-refractivity contribution < 1.29 is 19.4 Å². The Morgan fingerprint density at radius 1 is 1.00 bits per heavy atom. The molecule has 0 spiro atoms. The summed E-state index contributed by atoms with van der Waals surface area (Å²) in [5, 5.41) is 12.3. The van der Waals surface area contributed by atoms with Crippen molar-refractivity contribution in [3.8, 4) is 0 Å². The second kappa shape index (κ2) is 11.8. The number of rotatable bonds is 10. The number of carbonyl (C=O) groups excluding carboxylic acids is 2. The van der Waals surface area contributed by atoms with Gasteiger partial charge >= 0.3 is 0 Å². The van der Waals surface area contributed by atoms with Gasteiger partial charge in [-0.3, -0.25) is 9.59 Å². The molecule has 2 saturated carbocycles. The van der Waals surface area contributed by atoms with Gasteiger partial charge in [0.05, 0.1) is 0 Å². The van der Waals surface area contributed by atoms with Crippen LogP contribution in [0.1, 0.15) is 78.1 Å². The highest BCUT2D eigenvalue weighted by molar-refractivity contribution is 5.83. The molecule has 0 atom stereocenters. The molecule has 5 heteroatoms. The van der Waals surface area contributed by atoms with Crippen LogP contribution in [0, 0.1) is 23.7 Å². The van der Waals surface area contributed by atoms with Crippen molar-refractivity contribution in [1.82, 2.24) is 5.32 Å². The summed E-state index contributed by atoms with van der Waals surface area (Å²) in [5.41, 5.74) is 0. The fourth-order valence-corrected chi connectivity index (χ4v) is 4.46. The minimum absolute atomic E-state index is 0.112. The topological polar surface area (TPSA) is 75.6 Å². The molecule has 0 aromatic rings. The zero-order valence-corrected chi connectivity index (χ0v) is 17.3. The number of carbonyl (C=O) groups is 2. The van der Waals surface area contributed by atoms with E-state index in [1.54, 1.807) is 0 Å². The number of aliphatic hydroxyl groups is 1. The molecule has 0 radical (unpaired) electrons. The average molecular weight is 382 g/mol. The summed E-state index contributed by atoms with van der Waals surface area (Å²) >= 11 is 0. The summed E-state index contributed by atoms with van der Waals surface area (Å²) in [4.78, 5) is 24.2. The number of amides is 1. The molecule has 0 heterocycles. The van der Waals surface area contributed by atoms with Crippen LogP contribution < -0.4 is 5.32 Å². The van der Waals surface area contributed by atoms with Crippen LogP contribution in [0.25, 0.3) is 0 Å². The summed E-state index contributed by atoms with van der Waals surface area (Å²) in [6.45, 7) is 5.69. The van der Waals surface area contributed by atoms with Crippen molar-refractivity contribution in [3.05, 3.63) is 0 Å². The van der Waals surface area contributed by atoms with Crippen LogP contribution in [0.15, 0.2) is 0 Å². The van der Waals surface area contributed by atoms with E-state index in [4.69, 9.17) is 9.84 Å². The maximum atomic E-state index is 12.1. The number of aliphatic hydroxyl groups excluding tert-OH is 1. The molecule has 2 rings (SSSR count). The molecule has 2 N–H and O–H groups in total. The van der Waals surface area contributed by atoms with Gasteiger partial charge in [0.25, 0.3) is 0 Å². The van der Waals surface area contributed by atoms with E-state index in [9.17, 15) is 9.59 Å². The summed E-state index contributed by atoms with van der Waals surface area (Å²) in [5.74, 6) is 1.90. The zero-order chi connectivity index (χ0) is 19.6. The first-order valence-corrected chi connectivity index (χ1v) is 11.0. The van der Waals surface area contributed by atoms with E-state index in [1.807, 2.05) is 13.8 Å². The van der Waals surface area contributed by atoms with Gasteiger partial charge in [-0.2, -0.15) is 0 Å². The Bertz CT molecular complexity index is 449. The monoisotopic (exact) mass is 381 g/mol. The van der Waals surface area contributed by atoms with Crippen LogP contribution in [-0.4, -0.2) is 42.7 Å². The molecular weight excluding hydrogens is 342 g/mol. The SMILES string of the molecule is CC(C)C(=O)C1CCC(NC(=O)CCCOCC2CCC(CO)CC2)CC1. The van der Waals surface area contributed by atoms with Crippen LogP contribution in [-0.2, 0) is 14.3 Å². The van der Waals surface area contributed by atoms with Gasteiger partial charge in [-0.15, -0.1) is 0 Å². The van der Waals surface area contributed by atoms with E-state index < -0.39 is 0 Å². The van der Waals surface area contributed by atoms with Gasteiger partial charge < -0.3 is 15.2 Å². The number of ketones is 1. The molecule has 0 bridgehead atoms. The summed E-state index contributed by atoms with van der Waals surface area (Å²) in [6, 6.07) is 0.233. The fraction of sp³-hybridized carbons (Fsp3) is 0.909. The Kier molecular flexibility index (Phi) is 9.77. The number of hydrogen-bond donors (Lipinski definition) is 2. The molecule has 1 amide bonds. The van der Waals surface area contributed by atoms with Gasteiger partial charge in [0.15, 0.2) is 0 Å². The maximum Gasteiger partial charge on any atom is 0.220 e. The Hall–Kier alpha value is -0.940. The van der Waals surface area contributed by atoms with Crippen LogP contribution in [0.2, 0.25) is 0 Å². The van der Waals surface area contributed by atoms with Gasteiger partial charge in [-0.05, 0) is 69.6 Å². The predicted molar refractivity (Wildman–Crippen MR) is 106 cm³/mol. The van der Waals surface area contributed by atoms with Crippen molar-refractivity contribution in [2.24, 2.45) is 23.7 Å². The second-order valence-corrected chi connectivity index (χ2v) is 8.92. The van der Waals surface area contributed by atoms with E-state index in [0.717, 1.165) is 64.4 Å².